The molecule has 0 bridgehead atoms. The Hall–Kier alpha value is -0.650. The van der Waals surface area contributed by atoms with Crippen LogP contribution in [0, 0.1) is 0 Å². The fourth-order valence-corrected chi connectivity index (χ4v) is 2.13. The van der Waals surface area contributed by atoms with E-state index >= 15 is 0 Å². The molecule has 5 heteroatoms. The third kappa shape index (κ3) is 6.33. The quantitative estimate of drug-likeness (QED) is 0.611. The molecule has 0 radical (unpaired) electrons. The van der Waals surface area contributed by atoms with Gasteiger partial charge >= 0.3 is 0 Å². The van der Waals surface area contributed by atoms with Gasteiger partial charge in [0, 0.05) is 25.6 Å². The minimum absolute atomic E-state index is 0.0905. The average molecular weight is 257 g/mol. The van der Waals surface area contributed by atoms with Crippen molar-refractivity contribution < 1.29 is 9.53 Å². The summed E-state index contributed by atoms with van der Waals surface area (Å²) in [7, 11) is 2.04. The van der Waals surface area contributed by atoms with Crippen molar-refractivity contribution in [3.63, 3.8) is 0 Å². The van der Waals surface area contributed by atoms with Crippen LogP contribution in [-0.2, 0) is 9.53 Å². The van der Waals surface area contributed by atoms with Crippen LogP contribution in [0.2, 0.25) is 0 Å². The summed E-state index contributed by atoms with van der Waals surface area (Å²) >= 11 is 0. The first-order chi connectivity index (χ1) is 8.76. The third-order valence-corrected chi connectivity index (χ3v) is 3.44. The van der Waals surface area contributed by atoms with Crippen LogP contribution in [0.5, 0.6) is 0 Å². The Kier molecular flexibility index (Phi) is 7.96. The number of piperidine rings is 1. The van der Waals surface area contributed by atoms with E-state index < -0.39 is 0 Å². The van der Waals surface area contributed by atoms with Crippen LogP contribution in [0.1, 0.15) is 26.2 Å². The number of carbonyl (C=O) groups excluding carboxylic acids is 1. The van der Waals surface area contributed by atoms with E-state index in [-0.39, 0.29) is 5.91 Å². The van der Waals surface area contributed by atoms with Crippen LogP contribution in [0.3, 0.4) is 0 Å². The van der Waals surface area contributed by atoms with Gasteiger partial charge in [-0.3, -0.25) is 4.79 Å². The Balaban J connectivity index is 1.91. The summed E-state index contributed by atoms with van der Waals surface area (Å²) in [6, 6.07) is 0.687. The smallest absolute Gasteiger partial charge is 0.219 e. The number of hydrogen-bond donors (Lipinski definition) is 2. The summed E-state index contributed by atoms with van der Waals surface area (Å²) in [6.45, 7) is 7.14. The van der Waals surface area contributed by atoms with E-state index in [1.807, 2.05) is 14.0 Å². The van der Waals surface area contributed by atoms with Gasteiger partial charge < -0.3 is 20.3 Å². The standard InChI is InChI=1S/C13H27N3O2/c1-3-13(17)15-6-10-18-11-9-16-7-4-12(14-2)5-8-16/h12,14H,3-11H2,1-2H3,(H,15,17). The first-order valence-corrected chi connectivity index (χ1v) is 7.00. The molecule has 0 aliphatic carbocycles. The number of rotatable bonds is 8. The van der Waals surface area contributed by atoms with Gasteiger partial charge in [-0.15, -0.1) is 0 Å². The molecule has 0 unspecified atom stereocenters. The summed E-state index contributed by atoms with van der Waals surface area (Å²) in [5.74, 6) is 0.0905. The maximum absolute atomic E-state index is 11.0. The summed E-state index contributed by atoms with van der Waals surface area (Å²) < 4.78 is 5.51. The van der Waals surface area contributed by atoms with E-state index in [1.54, 1.807) is 0 Å². The second kappa shape index (κ2) is 9.30. The van der Waals surface area contributed by atoms with Gasteiger partial charge in [0.2, 0.25) is 5.91 Å². The number of ether oxygens (including phenoxy) is 1. The first kappa shape index (κ1) is 15.4. The molecule has 1 heterocycles. The van der Waals surface area contributed by atoms with Crippen LogP contribution in [-0.4, -0.2) is 63.3 Å². The van der Waals surface area contributed by atoms with E-state index in [2.05, 4.69) is 15.5 Å². The van der Waals surface area contributed by atoms with Gasteiger partial charge in [-0.05, 0) is 33.0 Å². The van der Waals surface area contributed by atoms with Crippen molar-refractivity contribution in [2.24, 2.45) is 0 Å². The Morgan fingerprint density at radius 1 is 1.33 bits per heavy atom. The monoisotopic (exact) mass is 257 g/mol. The highest BCUT2D eigenvalue weighted by atomic mass is 16.5. The molecule has 0 atom stereocenters. The molecule has 1 amide bonds. The molecule has 1 saturated heterocycles. The average Bonchev–Trinajstić information content (AvgIpc) is 2.43. The molecule has 1 rings (SSSR count). The lowest BCUT2D eigenvalue weighted by Gasteiger charge is -2.31. The van der Waals surface area contributed by atoms with Gasteiger partial charge in [0.15, 0.2) is 0 Å². The van der Waals surface area contributed by atoms with Crippen molar-refractivity contribution >= 4 is 5.91 Å². The minimum atomic E-state index is 0.0905. The normalized spacial score (nSPS) is 17.9. The van der Waals surface area contributed by atoms with Crippen LogP contribution in [0.4, 0.5) is 0 Å². The highest BCUT2D eigenvalue weighted by Crippen LogP contribution is 2.08. The molecular formula is C13H27N3O2. The van der Waals surface area contributed by atoms with Crippen molar-refractivity contribution in [3.8, 4) is 0 Å². The highest BCUT2D eigenvalue weighted by molar-refractivity contribution is 5.75. The maximum atomic E-state index is 11.0. The van der Waals surface area contributed by atoms with Crippen molar-refractivity contribution in [2.75, 3.05) is 46.4 Å². The van der Waals surface area contributed by atoms with E-state index in [0.29, 0.717) is 25.6 Å². The molecule has 0 spiro atoms. The molecule has 1 fully saturated rings. The zero-order valence-corrected chi connectivity index (χ0v) is 11.7. The molecule has 0 aromatic rings. The number of amides is 1. The van der Waals surface area contributed by atoms with Crippen LogP contribution in [0.25, 0.3) is 0 Å². The fraction of sp³-hybridized carbons (Fsp3) is 0.923. The minimum Gasteiger partial charge on any atom is -0.378 e. The Morgan fingerprint density at radius 3 is 2.67 bits per heavy atom. The Morgan fingerprint density at radius 2 is 2.06 bits per heavy atom. The van der Waals surface area contributed by atoms with Gasteiger partial charge in [-0.1, -0.05) is 6.92 Å². The number of nitrogens with zero attached hydrogens (tertiary/aromatic N) is 1. The topological polar surface area (TPSA) is 53.6 Å². The van der Waals surface area contributed by atoms with Crippen LogP contribution in [0.15, 0.2) is 0 Å². The zero-order chi connectivity index (χ0) is 13.2. The predicted octanol–water partition coefficient (Wildman–Crippen LogP) is 0.213. The van der Waals surface area contributed by atoms with Crippen molar-refractivity contribution in [3.05, 3.63) is 0 Å². The van der Waals surface area contributed by atoms with Crippen molar-refractivity contribution in [1.82, 2.24) is 15.5 Å². The molecule has 2 N–H and O–H groups in total. The number of nitrogens with one attached hydrogen (secondary N) is 2. The molecule has 0 saturated carbocycles. The van der Waals surface area contributed by atoms with Crippen molar-refractivity contribution in [2.45, 2.75) is 32.2 Å². The number of likely N-dealkylation sites (tertiary alicyclic amines) is 1. The summed E-state index contributed by atoms with van der Waals surface area (Å²) in [6.07, 6.45) is 2.99. The van der Waals surface area contributed by atoms with E-state index in [9.17, 15) is 4.79 Å². The number of carbonyl (C=O) groups is 1. The summed E-state index contributed by atoms with van der Waals surface area (Å²) in [5, 5.41) is 6.12. The van der Waals surface area contributed by atoms with Gasteiger partial charge in [-0.25, -0.2) is 0 Å². The van der Waals surface area contributed by atoms with Crippen molar-refractivity contribution in [1.29, 1.82) is 0 Å². The molecule has 106 valence electrons. The van der Waals surface area contributed by atoms with Gasteiger partial charge in [0.1, 0.15) is 0 Å². The molecule has 5 nitrogen and oxygen atoms in total. The highest BCUT2D eigenvalue weighted by Gasteiger charge is 2.16. The Bertz CT molecular complexity index is 228. The Labute approximate surface area is 110 Å². The fourth-order valence-electron chi connectivity index (χ4n) is 2.13. The predicted molar refractivity (Wildman–Crippen MR) is 72.6 cm³/mol. The second-order valence-corrected chi connectivity index (χ2v) is 4.72. The third-order valence-electron chi connectivity index (χ3n) is 3.44. The molecule has 1 aliphatic heterocycles. The SMILES string of the molecule is CCC(=O)NCCOCCN1CCC(NC)CC1. The second-order valence-electron chi connectivity index (χ2n) is 4.72. The first-order valence-electron chi connectivity index (χ1n) is 7.00. The lowest BCUT2D eigenvalue weighted by molar-refractivity contribution is -0.121. The molecule has 0 aromatic carbocycles. The lowest BCUT2D eigenvalue weighted by atomic mass is 10.1. The largest absolute Gasteiger partial charge is 0.378 e. The maximum Gasteiger partial charge on any atom is 0.219 e. The van der Waals surface area contributed by atoms with E-state index in [0.717, 1.165) is 26.2 Å². The van der Waals surface area contributed by atoms with E-state index in [1.165, 1.54) is 12.8 Å². The molecule has 18 heavy (non-hydrogen) atoms. The van der Waals surface area contributed by atoms with Gasteiger partial charge in [0.05, 0.1) is 13.2 Å². The molecular weight excluding hydrogens is 230 g/mol. The molecule has 1 aliphatic rings. The lowest BCUT2D eigenvalue weighted by Crippen LogP contribution is -2.42. The van der Waals surface area contributed by atoms with Gasteiger partial charge in [-0.2, -0.15) is 0 Å². The zero-order valence-electron chi connectivity index (χ0n) is 11.7. The van der Waals surface area contributed by atoms with E-state index in [4.69, 9.17) is 4.74 Å². The summed E-state index contributed by atoms with van der Waals surface area (Å²) in [4.78, 5) is 13.4. The molecule has 0 aromatic heterocycles. The summed E-state index contributed by atoms with van der Waals surface area (Å²) in [5.41, 5.74) is 0. The van der Waals surface area contributed by atoms with Crippen LogP contribution < -0.4 is 10.6 Å². The van der Waals surface area contributed by atoms with Crippen LogP contribution >= 0.6 is 0 Å². The van der Waals surface area contributed by atoms with Gasteiger partial charge in [0.25, 0.3) is 0 Å². The number of hydrogen-bond acceptors (Lipinski definition) is 4.